The Balaban J connectivity index is 2.70. The summed E-state index contributed by atoms with van der Waals surface area (Å²) in [7, 11) is 0. The van der Waals surface area contributed by atoms with Crippen LogP contribution in [0.5, 0.6) is 0 Å². The lowest BCUT2D eigenvalue weighted by atomic mass is 9.69. The number of nitrogens with two attached hydrogens (primary N) is 1. The van der Waals surface area contributed by atoms with Crippen molar-refractivity contribution in [2.75, 3.05) is 0 Å². The first-order valence-electron chi connectivity index (χ1n) is 6.61. The van der Waals surface area contributed by atoms with Gasteiger partial charge in [-0.3, -0.25) is 4.79 Å². The molecular formula is C14H25NO. The van der Waals surface area contributed by atoms with Gasteiger partial charge in [-0.15, -0.1) is 0 Å². The first kappa shape index (κ1) is 13.3. The third kappa shape index (κ3) is 3.66. The van der Waals surface area contributed by atoms with Gasteiger partial charge in [-0.25, -0.2) is 0 Å². The van der Waals surface area contributed by atoms with Crippen molar-refractivity contribution in [2.24, 2.45) is 11.1 Å². The van der Waals surface area contributed by atoms with Crippen molar-refractivity contribution in [3.63, 3.8) is 0 Å². The second kappa shape index (κ2) is 6.07. The van der Waals surface area contributed by atoms with Crippen LogP contribution < -0.4 is 5.73 Å². The van der Waals surface area contributed by atoms with Gasteiger partial charge in [-0.1, -0.05) is 39.5 Å². The molecule has 1 aliphatic carbocycles. The molecule has 0 atom stereocenters. The Bertz CT molecular complexity index is 260. The quantitative estimate of drug-likeness (QED) is 0.748. The Morgan fingerprint density at radius 2 is 1.75 bits per heavy atom. The molecule has 2 N–H and O–H groups in total. The number of allylic oxidation sites excluding steroid dienone is 2. The van der Waals surface area contributed by atoms with Gasteiger partial charge in [0.05, 0.1) is 0 Å². The van der Waals surface area contributed by atoms with E-state index in [1.807, 2.05) is 0 Å². The van der Waals surface area contributed by atoms with Crippen LogP contribution in [0.15, 0.2) is 11.8 Å². The van der Waals surface area contributed by atoms with E-state index in [1.54, 1.807) is 6.08 Å². The third-order valence-corrected chi connectivity index (χ3v) is 3.60. The van der Waals surface area contributed by atoms with Gasteiger partial charge in [0.15, 0.2) is 5.78 Å². The molecule has 0 saturated carbocycles. The highest BCUT2D eigenvalue weighted by Gasteiger charge is 2.34. The highest BCUT2D eigenvalue weighted by Crippen LogP contribution is 2.42. The van der Waals surface area contributed by atoms with Crippen molar-refractivity contribution in [3.05, 3.63) is 11.8 Å². The summed E-state index contributed by atoms with van der Waals surface area (Å²) in [6.07, 6.45) is 10.4. The SMILES string of the molecule is CCCCC1(CCCC)CC(=O)C=C(N)C1. The summed E-state index contributed by atoms with van der Waals surface area (Å²) in [5, 5.41) is 0. The topological polar surface area (TPSA) is 43.1 Å². The van der Waals surface area contributed by atoms with Gasteiger partial charge < -0.3 is 5.73 Å². The van der Waals surface area contributed by atoms with E-state index in [0.29, 0.717) is 6.42 Å². The average molecular weight is 223 g/mol. The number of hydrogen-bond acceptors (Lipinski definition) is 2. The molecule has 92 valence electrons. The van der Waals surface area contributed by atoms with Crippen LogP contribution >= 0.6 is 0 Å². The summed E-state index contributed by atoms with van der Waals surface area (Å²) >= 11 is 0. The van der Waals surface area contributed by atoms with Crippen molar-refractivity contribution in [2.45, 2.75) is 65.2 Å². The van der Waals surface area contributed by atoms with Gasteiger partial charge in [0.2, 0.25) is 0 Å². The smallest absolute Gasteiger partial charge is 0.157 e. The number of carbonyl (C=O) groups is 1. The third-order valence-electron chi connectivity index (χ3n) is 3.60. The van der Waals surface area contributed by atoms with E-state index >= 15 is 0 Å². The molecule has 2 nitrogen and oxygen atoms in total. The van der Waals surface area contributed by atoms with E-state index in [2.05, 4.69) is 13.8 Å². The summed E-state index contributed by atoms with van der Waals surface area (Å²) in [4.78, 5) is 11.7. The minimum absolute atomic E-state index is 0.182. The number of unbranched alkanes of at least 4 members (excludes halogenated alkanes) is 2. The average Bonchev–Trinajstić information content (AvgIpc) is 2.22. The minimum atomic E-state index is 0.182. The lowest BCUT2D eigenvalue weighted by molar-refractivity contribution is -0.117. The molecule has 0 bridgehead atoms. The largest absolute Gasteiger partial charge is 0.402 e. The normalized spacial score (nSPS) is 19.6. The molecule has 0 aliphatic heterocycles. The van der Waals surface area contributed by atoms with Gasteiger partial charge in [0.1, 0.15) is 0 Å². The lowest BCUT2D eigenvalue weighted by Crippen LogP contribution is -2.30. The van der Waals surface area contributed by atoms with Crippen molar-refractivity contribution in [1.82, 2.24) is 0 Å². The Morgan fingerprint density at radius 3 is 2.19 bits per heavy atom. The highest BCUT2D eigenvalue weighted by atomic mass is 16.1. The summed E-state index contributed by atoms with van der Waals surface area (Å²) < 4.78 is 0. The molecule has 0 radical (unpaired) electrons. The number of rotatable bonds is 6. The maximum atomic E-state index is 11.7. The molecule has 0 amide bonds. The fraction of sp³-hybridized carbons (Fsp3) is 0.786. The standard InChI is InChI=1S/C14H25NO/c1-3-5-7-14(8-6-4-2)10-12(15)9-13(16)11-14/h9H,3-8,10-11,15H2,1-2H3. The first-order chi connectivity index (χ1) is 7.62. The van der Waals surface area contributed by atoms with Gasteiger partial charge in [0.25, 0.3) is 0 Å². The molecule has 0 aromatic rings. The molecule has 0 fully saturated rings. The fourth-order valence-corrected chi connectivity index (χ4v) is 2.76. The summed E-state index contributed by atoms with van der Waals surface area (Å²) in [5.41, 5.74) is 6.86. The summed E-state index contributed by atoms with van der Waals surface area (Å²) in [5.74, 6) is 0.232. The van der Waals surface area contributed by atoms with Crippen LogP contribution in [0.4, 0.5) is 0 Å². The van der Waals surface area contributed by atoms with E-state index in [1.165, 1.54) is 25.7 Å². The van der Waals surface area contributed by atoms with Crippen LogP contribution in [-0.4, -0.2) is 5.78 Å². The Labute approximate surface area is 99.3 Å². The zero-order valence-electron chi connectivity index (χ0n) is 10.7. The number of ketones is 1. The molecule has 0 aromatic carbocycles. The summed E-state index contributed by atoms with van der Waals surface area (Å²) in [6, 6.07) is 0. The van der Waals surface area contributed by atoms with Gasteiger partial charge in [-0.2, -0.15) is 0 Å². The molecule has 0 saturated heterocycles. The van der Waals surface area contributed by atoms with Crippen LogP contribution in [0.25, 0.3) is 0 Å². The van der Waals surface area contributed by atoms with Gasteiger partial charge >= 0.3 is 0 Å². The molecule has 1 aliphatic rings. The molecule has 0 unspecified atom stereocenters. The molecule has 0 spiro atoms. The highest BCUT2D eigenvalue weighted by molar-refractivity contribution is 5.91. The first-order valence-corrected chi connectivity index (χ1v) is 6.61. The van der Waals surface area contributed by atoms with E-state index in [9.17, 15) is 4.79 Å². The number of hydrogen-bond donors (Lipinski definition) is 1. The molecule has 16 heavy (non-hydrogen) atoms. The monoisotopic (exact) mass is 223 g/mol. The van der Waals surface area contributed by atoms with E-state index in [0.717, 1.165) is 25.0 Å². The zero-order valence-corrected chi connectivity index (χ0v) is 10.7. The van der Waals surface area contributed by atoms with E-state index in [4.69, 9.17) is 5.73 Å². The van der Waals surface area contributed by atoms with E-state index in [-0.39, 0.29) is 11.2 Å². The van der Waals surface area contributed by atoms with Crippen molar-refractivity contribution in [3.8, 4) is 0 Å². The van der Waals surface area contributed by atoms with Gasteiger partial charge in [0, 0.05) is 12.1 Å². The Hall–Kier alpha value is -0.790. The predicted molar refractivity (Wildman–Crippen MR) is 68.0 cm³/mol. The number of carbonyl (C=O) groups excluding carboxylic acids is 1. The molecule has 0 aromatic heterocycles. The minimum Gasteiger partial charge on any atom is -0.402 e. The Morgan fingerprint density at radius 1 is 1.19 bits per heavy atom. The second-order valence-corrected chi connectivity index (χ2v) is 5.25. The maximum Gasteiger partial charge on any atom is 0.157 e. The van der Waals surface area contributed by atoms with E-state index < -0.39 is 0 Å². The molecule has 2 heteroatoms. The molecule has 0 heterocycles. The van der Waals surface area contributed by atoms with Crippen molar-refractivity contribution in [1.29, 1.82) is 0 Å². The van der Waals surface area contributed by atoms with Crippen LogP contribution in [0, 0.1) is 5.41 Å². The van der Waals surface area contributed by atoms with Crippen LogP contribution in [-0.2, 0) is 4.79 Å². The van der Waals surface area contributed by atoms with Crippen LogP contribution in [0.2, 0.25) is 0 Å². The zero-order chi connectivity index (χ0) is 12.0. The van der Waals surface area contributed by atoms with Crippen LogP contribution in [0.1, 0.15) is 65.2 Å². The second-order valence-electron chi connectivity index (χ2n) is 5.25. The van der Waals surface area contributed by atoms with Gasteiger partial charge in [-0.05, 0) is 30.8 Å². The predicted octanol–water partition coefficient (Wildman–Crippen LogP) is 3.56. The van der Waals surface area contributed by atoms with Crippen molar-refractivity contribution < 1.29 is 4.79 Å². The molecule has 1 rings (SSSR count). The van der Waals surface area contributed by atoms with Crippen molar-refractivity contribution >= 4 is 5.78 Å². The fourth-order valence-electron chi connectivity index (χ4n) is 2.76. The Kier molecular flexibility index (Phi) is 5.04. The lowest BCUT2D eigenvalue weighted by Gasteiger charge is -2.36. The maximum absolute atomic E-state index is 11.7. The molecular weight excluding hydrogens is 198 g/mol. The summed E-state index contributed by atoms with van der Waals surface area (Å²) in [6.45, 7) is 4.41. The van der Waals surface area contributed by atoms with Crippen LogP contribution in [0.3, 0.4) is 0 Å².